The monoisotopic (exact) mass is 330 g/mol. The van der Waals surface area contributed by atoms with Gasteiger partial charge in [-0.15, -0.1) is 12.4 Å². The average Bonchev–Trinajstić information content (AvgIpc) is 2.37. The minimum Gasteiger partial charge on any atom is -0.465 e. The lowest BCUT2D eigenvalue weighted by Crippen LogP contribution is -2.54. The lowest BCUT2D eigenvalue weighted by atomic mass is 10.0. The Morgan fingerprint density at radius 2 is 1.67 bits per heavy atom. The molecule has 0 aromatic heterocycles. The largest absolute Gasteiger partial charge is 0.465 e. The first kappa shape index (κ1) is 20.3. The van der Waals surface area contributed by atoms with Crippen molar-refractivity contribution in [2.75, 3.05) is 32.8 Å². The van der Waals surface area contributed by atoms with Gasteiger partial charge in [0.25, 0.3) is 0 Å². The molecular formula is C11H23ClN2O7. The molecule has 1 saturated heterocycles. The molecule has 1 amide bonds. The summed E-state index contributed by atoms with van der Waals surface area (Å²) in [7, 11) is 0. The molecule has 0 aliphatic carbocycles. The van der Waals surface area contributed by atoms with Crippen molar-refractivity contribution in [3.05, 3.63) is 0 Å². The van der Waals surface area contributed by atoms with E-state index in [4.69, 9.17) is 10.2 Å². The standard InChI is InChI=1S/C11H22N2O7.ClH/c14-5-8(16)10(18)9(17)7(15)4-13(11(19)20)3-6-1-12-2-6;/h6-10,12,14-18H,1-5H2,(H,19,20);1H/t7-,8+,9+,10+;/m0./s1. The van der Waals surface area contributed by atoms with Crippen LogP contribution in [-0.2, 0) is 0 Å². The maximum absolute atomic E-state index is 11.1. The summed E-state index contributed by atoms with van der Waals surface area (Å²) in [5.41, 5.74) is 0. The van der Waals surface area contributed by atoms with Crippen molar-refractivity contribution in [1.29, 1.82) is 0 Å². The smallest absolute Gasteiger partial charge is 0.407 e. The fourth-order valence-corrected chi connectivity index (χ4v) is 1.92. The van der Waals surface area contributed by atoms with Crippen LogP contribution in [0.4, 0.5) is 4.79 Å². The predicted octanol–water partition coefficient (Wildman–Crippen LogP) is -2.96. The molecule has 126 valence electrons. The van der Waals surface area contributed by atoms with Crippen LogP contribution in [0.2, 0.25) is 0 Å². The Labute approximate surface area is 128 Å². The SMILES string of the molecule is Cl.O=C(O)N(CC1CNC1)C[C@H](O)[C@@H](O)[C@H](O)[C@H](O)CO. The van der Waals surface area contributed by atoms with Gasteiger partial charge in [0.15, 0.2) is 0 Å². The first-order valence-electron chi connectivity index (χ1n) is 6.38. The van der Waals surface area contributed by atoms with Crippen LogP contribution >= 0.6 is 12.4 Å². The number of rotatable bonds is 8. The van der Waals surface area contributed by atoms with Crippen LogP contribution < -0.4 is 5.32 Å². The zero-order valence-electron chi connectivity index (χ0n) is 11.4. The van der Waals surface area contributed by atoms with Gasteiger partial charge in [-0.3, -0.25) is 0 Å². The number of aliphatic hydroxyl groups excluding tert-OH is 5. The number of carbonyl (C=O) groups is 1. The highest BCUT2D eigenvalue weighted by Gasteiger charge is 2.33. The van der Waals surface area contributed by atoms with Crippen molar-refractivity contribution >= 4 is 18.5 Å². The molecule has 9 nitrogen and oxygen atoms in total. The summed E-state index contributed by atoms with van der Waals surface area (Å²) in [5, 5.41) is 58.6. The summed E-state index contributed by atoms with van der Waals surface area (Å²) in [6.07, 6.45) is -7.90. The summed E-state index contributed by atoms with van der Waals surface area (Å²) < 4.78 is 0. The zero-order chi connectivity index (χ0) is 15.3. The molecule has 0 radical (unpaired) electrons. The molecule has 1 heterocycles. The molecule has 10 heteroatoms. The number of hydrogen-bond acceptors (Lipinski definition) is 7. The highest BCUT2D eigenvalue weighted by atomic mass is 35.5. The van der Waals surface area contributed by atoms with Crippen LogP contribution in [0.5, 0.6) is 0 Å². The molecule has 0 aromatic rings. The third-order valence-corrected chi connectivity index (χ3v) is 3.35. The van der Waals surface area contributed by atoms with Crippen LogP contribution in [0.25, 0.3) is 0 Å². The van der Waals surface area contributed by atoms with E-state index < -0.39 is 37.1 Å². The number of nitrogens with zero attached hydrogens (tertiary/aromatic N) is 1. The average molecular weight is 331 g/mol. The zero-order valence-corrected chi connectivity index (χ0v) is 12.2. The van der Waals surface area contributed by atoms with Crippen LogP contribution in [0, 0.1) is 5.92 Å². The quantitative estimate of drug-likeness (QED) is 0.249. The third-order valence-electron chi connectivity index (χ3n) is 3.35. The lowest BCUT2D eigenvalue weighted by Gasteiger charge is -2.34. The minimum atomic E-state index is -1.75. The van der Waals surface area contributed by atoms with Gasteiger partial charge in [0.1, 0.15) is 24.4 Å². The molecule has 1 fully saturated rings. The Hall–Kier alpha value is -0.680. The van der Waals surface area contributed by atoms with Crippen LogP contribution in [-0.4, -0.2) is 98.8 Å². The van der Waals surface area contributed by atoms with E-state index in [1.807, 2.05) is 0 Å². The molecule has 1 rings (SSSR count). The van der Waals surface area contributed by atoms with E-state index in [1.54, 1.807) is 0 Å². The minimum absolute atomic E-state index is 0. The Balaban J connectivity index is 0.00000400. The molecule has 1 aliphatic rings. The fourth-order valence-electron chi connectivity index (χ4n) is 1.92. The van der Waals surface area contributed by atoms with E-state index in [0.29, 0.717) is 13.1 Å². The second-order valence-electron chi connectivity index (χ2n) is 5.01. The lowest BCUT2D eigenvalue weighted by molar-refractivity contribution is -0.118. The Bertz CT molecular complexity index is 319. The Morgan fingerprint density at radius 3 is 2.05 bits per heavy atom. The number of halogens is 1. The van der Waals surface area contributed by atoms with Gasteiger partial charge < -0.3 is 40.9 Å². The molecule has 0 unspecified atom stereocenters. The predicted molar refractivity (Wildman–Crippen MR) is 74.3 cm³/mol. The molecule has 0 aromatic carbocycles. The maximum Gasteiger partial charge on any atom is 0.407 e. The molecule has 0 saturated carbocycles. The van der Waals surface area contributed by atoms with Crippen molar-refractivity contribution in [3.8, 4) is 0 Å². The van der Waals surface area contributed by atoms with Crippen molar-refractivity contribution in [2.45, 2.75) is 24.4 Å². The highest BCUT2D eigenvalue weighted by molar-refractivity contribution is 5.85. The second kappa shape index (κ2) is 9.36. The maximum atomic E-state index is 11.1. The topological polar surface area (TPSA) is 154 Å². The van der Waals surface area contributed by atoms with Crippen molar-refractivity contribution < 1.29 is 35.4 Å². The normalized spacial score (nSPS) is 20.6. The van der Waals surface area contributed by atoms with E-state index >= 15 is 0 Å². The van der Waals surface area contributed by atoms with Crippen LogP contribution in [0.1, 0.15) is 0 Å². The summed E-state index contributed by atoms with van der Waals surface area (Å²) >= 11 is 0. The molecule has 0 bridgehead atoms. The van der Waals surface area contributed by atoms with Crippen molar-refractivity contribution in [3.63, 3.8) is 0 Å². The Morgan fingerprint density at radius 1 is 1.14 bits per heavy atom. The first-order valence-corrected chi connectivity index (χ1v) is 6.38. The summed E-state index contributed by atoms with van der Waals surface area (Å²) in [5.74, 6) is 0.156. The number of aliphatic hydroxyl groups is 5. The van der Waals surface area contributed by atoms with Gasteiger partial charge in [-0.25, -0.2) is 4.79 Å². The van der Waals surface area contributed by atoms with E-state index in [1.165, 1.54) is 0 Å². The van der Waals surface area contributed by atoms with Gasteiger partial charge in [0.2, 0.25) is 0 Å². The van der Waals surface area contributed by atoms with Crippen LogP contribution in [0.15, 0.2) is 0 Å². The van der Waals surface area contributed by atoms with Gasteiger partial charge in [0.05, 0.1) is 13.2 Å². The first-order chi connectivity index (χ1) is 9.36. The summed E-state index contributed by atoms with van der Waals surface area (Å²) in [4.78, 5) is 12.0. The molecular weight excluding hydrogens is 308 g/mol. The van der Waals surface area contributed by atoms with Gasteiger partial charge in [0, 0.05) is 25.6 Å². The van der Waals surface area contributed by atoms with Crippen molar-refractivity contribution in [1.82, 2.24) is 10.2 Å². The second-order valence-corrected chi connectivity index (χ2v) is 5.01. The number of amides is 1. The molecule has 21 heavy (non-hydrogen) atoms. The highest BCUT2D eigenvalue weighted by Crippen LogP contribution is 2.10. The fraction of sp³-hybridized carbons (Fsp3) is 0.909. The van der Waals surface area contributed by atoms with Gasteiger partial charge in [-0.05, 0) is 0 Å². The van der Waals surface area contributed by atoms with Gasteiger partial charge in [-0.2, -0.15) is 0 Å². The van der Waals surface area contributed by atoms with E-state index in [-0.39, 0.29) is 31.4 Å². The Kier molecular flexibility index (Phi) is 9.06. The molecule has 7 N–H and O–H groups in total. The number of nitrogens with one attached hydrogen (secondary N) is 1. The summed E-state index contributed by atoms with van der Waals surface area (Å²) in [6, 6.07) is 0. The van der Waals surface area contributed by atoms with Gasteiger partial charge >= 0.3 is 6.09 Å². The van der Waals surface area contributed by atoms with Crippen molar-refractivity contribution in [2.24, 2.45) is 5.92 Å². The molecule has 0 spiro atoms. The van der Waals surface area contributed by atoms with E-state index in [2.05, 4.69) is 5.32 Å². The number of carboxylic acid groups (broad SMARTS) is 1. The number of hydrogen-bond donors (Lipinski definition) is 7. The summed E-state index contributed by atoms with van der Waals surface area (Å²) in [6.45, 7) is 0.427. The van der Waals surface area contributed by atoms with Crippen LogP contribution in [0.3, 0.4) is 0 Å². The molecule has 4 atom stereocenters. The molecule has 1 aliphatic heterocycles. The van der Waals surface area contributed by atoms with E-state index in [0.717, 1.165) is 4.90 Å². The van der Waals surface area contributed by atoms with E-state index in [9.17, 15) is 25.2 Å². The third kappa shape index (κ3) is 5.91. The van der Waals surface area contributed by atoms with Gasteiger partial charge in [-0.1, -0.05) is 0 Å².